The fourth-order valence-corrected chi connectivity index (χ4v) is 1.47. The van der Waals surface area contributed by atoms with Crippen LogP contribution >= 0.6 is 23.2 Å². The van der Waals surface area contributed by atoms with E-state index < -0.39 is 5.41 Å². The van der Waals surface area contributed by atoms with Crippen LogP contribution in [0.5, 0.6) is 0 Å². The van der Waals surface area contributed by atoms with Gasteiger partial charge in [-0.3, -0.25) is 4.79 Å². The van der Waals surface area contributed by atoms with Crippen LogP contribution in [0, 0.1) is 5.41 Å². The van der Waals surface area contributed by atoms with Crippen molar-refractivity contribution in [2.24, 2.45) is 5.41 Å². The zero-order valence-corrected chi connectivity index (χ0v) is 9.91. The molecule has 0 radical (unpaired) electrons. The summed E-state index contributed by atoms with van der Waals surface area (Å²) < 4.78 is 0. The van der Waals surface area contributed by atoms with Crippen LogP contribution < -0.4 is 0 Å². The molecule has 1 rings (SSSR count). The standard InChI is InChI=1S/C11H12Cl2O/c1-11(2,3)10(14)7-5-4-6-8(12)9(7)13/h4-6H,1-3H3. The maximum absolute atomic E-state index is 11.9. The van der Waals surface area contributed by atoms with E-state index in [0.29, 0.717) is 15.6 Å². The summed E-state index contributed by atoms with van der Waals surface area (Å²) in [5, 5.41) is 0.760. The normalized spacial score (nSPS) is 11.5. The van der Waals surface area contributed by atoms with E-state index in [1.54, 1.807) is 18.2 Å². The summed E-state index contributed by atoms with van der Waals surface area (Å²) >= 11 is 11.8. The van der Waals surface area contributed by atoms with E-state index in [9.17, 15) is 4.79 Å². The molecule has 0 aliphatic carbocycles. The van der Waals surface area contributed by atoms with Crippen LogP contribution in [0.4, 0.5) is 0 Å². The summed E-state index contributed by atoms with van der Waals surface area (Å²) in [5.74, 6) is 0.00463. The van der Waals surface area contributed by atoms with Gasteiger partial charge in [-0.15, -0.1) is 0 Å². The molecule has 0 amide bonds. The molecule has 1 aromatic carbocycles. The van der Waals surface area contributed by atoms with Gasteiger partial charge < -0.3 is 0 Å². The smallest absolute Gasteiger partial charge is 0.169 e. The second-order valence-electron chi connectivity index (χ2n) is 4.18. The van der Waals surface area contributed by atoms with Gasteiger partial charge in [0.2, 0.25) is 0 Å². The topological polar surface area (TPSA) is 17.1 Å². The first-order chi connectivity index (χ1) is 6.34. The van der Waals surface area contributed by atoms with E-state index in [1.165, 1.54) is 0 Å². The van der Waals surface area contributed by atoms with E-state index in [1.807, 2.05) is 20.8 Å². The molecular formula is C11H12Cl2O. The van der Waals surface area contributed by atoms with Gasteiger partial charge in [-0.1, -0.05) is 50.0 Å². The minimum atomic E-state index is -0.436. The minimum absolute atomic E-state index is 0.00463. The molecule has 0 spiro atoms. The molecule has 0 atom stereocenters. The highest BCUT2D eigenvalue weighted by Gasteiger charge is 2.25. The SMILES string of the molecule is CC(C)(C)C(=O)c1cccc(Cl)c1Cl. The highest BCUT2D eigenvalue weighted by Crippen LogP contribution is 2.30. The molecule has 1 aromatic rings. The van der Waals surface area contributed by atoms with E-state index in [2.05, 4.69) is 0 Å². The zero-order chi connectivity index (χ0) is 10.9. The monoisotopic (exact) mass is 230 g/mol. The van der Waals surface area contributed by atoms with Gasteiger partial charge in [0.05, 0.1) is 10.0 Å². The quantitative estimate of drug-likeness (QED) is 0.661. The van der Waals surface area contributed by atoms with E-state index in [-0.39, 0.29) is 5.78 Å². The molecule has 3 heteroatoms. The second-order valence-corrected chi connectivity index (χ2v) is 4.97. The van der Waals surface area contributed by atoms with Crippen LogP contribution in [-0.2, 0) is 0 Å². The molecule has 0 bridgehead atoms. The maximum Gasteiger partial charge on any atom is 0.169 e. The van der Waals surface area contributed by atoms with Crippen molar-refractivity contribution in [3.8, 4) is 0 Å². The molecule has 0 aliphatic rings. The van der Waals surface area contributed by atoms with Gasteiger partial charge in [0.25, 0.3) is 0 Å². The summed E-state index contributed by atoms with van der Waals surface area (Å²) in [4.78, 5) is 11.9. The van der Waals surface area contributed by atoms with E-state index in [0.717, 1.165) is 0 Å². The molecule has 0 unspecified atom stereocenters. The molecule has 0 heterocycles. The van der Waals surface area contributed by atoms with E-state index in [4.69, 9.17) is 23.2 Å². The zero-order valence-electron chi connectivity index (χ0n) is 8.40. The van der Waals surface area contributed by atoms with Crippen molar-refractivity contribution in [1.29, 1.82) is 0 Å². The van der Waals surface area contributed by atoms with Crippen LogP contribution in [0.25, 0.3) is 0 Å². The van der Waals surface area contributed by atoms with Crippen LogP contribution in [0.2, 0.25) is 10.0 Å². The predicted octanol–water partition coefficient (Wildman–Crippen LogP) is 4.22. The molecule has 0 aliphatic heterocycles. The number of Topliss-reactive ketones (excluding diaryl/α,β-unsaturated/α-hetero) is 1. The number of hydrogen-bond acceptors (Lipinski definition) is 1. The predicted molar refractivity (Wildman–Crippen MR) is 60.2 cm³/mol. The number of benzene rings is 1. The second kappa shape index (κ2) is 3.92. The molecule has 14 heavy (non-hydrogen) atoms. The van der Waals surface area contributed by atoms with Gasteiger partial charge in [-0.2, -0.15) is 0 Å². The maximum atomic E-state index is 11.9. The Morgan fingerprint density at radius 1 is 1.21 bits per heavy atom. The van der Waals surface area contributed by atoms with Crippen molar-refractivity contribution >= 4 is 29.0 Å². The molecule has 0 N–H and O–H groups in total. The Morgan fingerprint density at radius 3 is 2.29 bits per heavy atom. The van der Waals surface area contributed by atoms with Gasteiger partial charge in [0, 0.05) is 11.0 Å². The fourth-order valence-electron chi connectivity index (χ4n) is 1.08. The summed E-state index contributed by atoms with van der Waals surface area (Å²) in [6.45, 7) is 5.56. The lowest BCUT2D eigenvalue weighted by atomic mass is 9.86. The summed E-state index contributed by atoms with van der Waals surface area (Å²) in [7, 11) is 0. The van der Waals surface area contributed by atoms with Crippen molar-refractivity contribution in [3.05, 3.63) is 33.8 Å². The first kappa shape index (κ1) is 11.5. The minimum Gasteiger partial charge on any atom is -0.294 e. The number of rotatable bonds is 1. The Morgan fingerprint density at radius 2 is 1.79 bits per heavy atom. The van der Waals surface area contributed by atoms with Gasteiger partial charge in [0.15, 0.2) is 5.78 Å². The Balaban J connectivity index is 3.21. The summed E-state index contributed by atoms with van der Waals surface area (Å²) in [5.41, 5.74) is 0.0561. The lowest BCUT2D eigenvalue weighted by molar-refractivity contribution is 0.0858. The molecular weight excluding hydrogens is 219 g/mol. The third-order valence-corrected chi connectivity index (χ3v) is 2.70. The Labute approximate surface area is 94.0 Å². The van der Waals surface area contributed by atoms with Crippen molar-refractivity contribution in [2.75, 3.05) is 0 Å². The number of carbonyl (C=O) groups excluding carboxylic acids is 1. The number of hydrogen-bond donors (Lipinski definition) is 0. The van der Waals surface area contributed by atoms with Gasteiger partial charge in [0.1, 0.15) is 0 Å². The Kier molecular flexibility index (Phi) is 3.23. The molecule has 0 saturated carbocycles. The van der Waals surface area contributed by atoms with Crippen molar-refractivity contribution < 1.29 is 4.79 Å². The fraction of sp³-hybridized carbons (Fsp3) is 0.364. The number of ketones is 1. The summed E-state index contributed by atoms with van der Waals surface area (Å²) in [6, 6.07) is 5.10. The van der Waals surface area contributed by atoms with Gasteiger partial charge in [-0.05, 0) is 12.1 Å². The van der Waals surface area contributed by atoms with Gasteiger partial charge >= 0.3 is 0 Å². The molecule has 1 nitrogen and oxygen atoms in total. The third kappa shape index (κ3) is 2.28. The van der Waals surface area contributed by atoms with Crippen LogP contribution in [0.1, 0.15) is 31.1 Å². The van der Waals surface area contributed by atoms with Crippen LogP contribution in [-0.4, -0.2) is 5.78 Å². The van der Waals surface area contributed by atoms with E-state index >= 15 is 0 Å². The van der Waals surface area contributed by atoms with Crippen molar-refractivity contribution in [2.45, 2.75) is 20.8 Å². The average Bonchev–Trinajstić information content (AvgIpc) is 2.07. The average molecular weight is 231 g/mol. The third-order valence-electron chi connectivity index (χ3n) is 1.88. The van der Waals surface area contributed by atoms with Crippen LogP contribution in [0.15, 0.2) is 18.2 Å². The van der Waals surface area contributed by atoms with Crippen molar-refractivity contribution in [3.63, 3.8) is 0 Å². The molecule has 0 saturated heterocycles. The molecule has 0 fully saturated rings. The van der Waals surface area contributed by atoms with Crippen LogP contribution in [0.3, 0.4) is 0 Å². The van der Waals surface area contributed by atoms with Crippen molar-refractivity contribution in [1.82, 2.24) is 0 Å². The number of carbonyl (C=O) groups is 1. The molecule has 0 aromatic heterocycles. The Hall–Kier alpha value is -0.530. The van der Waals surface area contributed by atoms with Gasteiger partial charge in [-0.25, -0.2) is 0 Å². The number of halogens is 2. The summed E-state index contributed by atoms with van der Waals surface area (Å²) in [6.07, 6.45) is 0. The lowest BCUT2D eigenvalue weighted by Crippen LogP contribution is -2.20. The first-order valence-corrected chi connectivity index (χ1v) is 5.08. The lowest BCUT2D eigenvalue weighted by Gasteiger charge is -2.17. The highest BCUT2D eigenvalue weighted by molar-refractivity contribution is 6.44. The molecule has 76 valence electrons. The Bertz CT molecular complexity index is 364. The highest BCUT2D eigenvalue weighted by atomic mass is 35.5. The largest absolute Gasteiger partial charge is 0.294 e. The first-order valence-electron chi connectivity index (χ1n) is 4.33.